The molecule has 92 valence electrons. The Kier molecular flexibility index (Phi) is 3.82. The summed E-state index contributed by atoms with van der Waals surface area (Å²) in [6, 6.07) is 7.34. The van der Waals surface area contributed by atoms with Gasteiger partial charge in [0.15, 0.2) is 0 Å². The number of carbonyl (C=O) groups is 1. The lowest BCUT2D eigenvalue weighted by molar-refractivity contribution is 0.146. The van der Waals surface area contributed by atoms with E-state index >= 15 is 0 Å². The molecule has 0 bridgehead atoms. The van der Waals surface area contributed by atoms with Gasteiger partial charge < -0.3 is 14.2 Å². The van der Waals surface area contributed by atoms with Crippen LogP contribution < -0.4 is 9.64 Å². The second-order valence-electron chi connectivity index (χ2n) is 3.60. The molecule has 1 aliphatic heterocycles. The first-order valence-corrected chi connectivity index (χ1v) is 5.47. The van der Waals surface area contributed by atoms with E-state index in [0.717, 1.165) is 11.4 Å². The SMILES string of the molecule is COCCOc1ccc(N2CCOC2=O)cc1. The summed E-state index contributed by atoms with van der Waals surface area (Å²) in [6.07, 6.45) is -0.293. The molecule has 0 atom stereocenters. The van der Waals surface area contributed by atoms with Crippen LogP contribution in [0.15, 0.2) is 24.3 Å². The van der Waals surface area contributed by atoms with Gasteiger partial charge in [-0.05, 0) is 24.3 Å². The highest BCUT2D eigenvalue weighted by Crippen LogP contribution is 2.21. The van der Waals surface area contributed by atoms with E-state index in [-0.39, 0.29) is 6.09 Å². The summed E-state index contributed by atoms with van der Waals surface area (Å²) in [6.45, 7) is 2.12. The van der Waals surface area contributed by atoms with E-state index < -0.39 is 0 Å². The van der Waals surface area contributed by atoms with E-state index in [9.17, 15) is 4.79 Å². The zero-order valence-electron chi connectivity index (χ0n) is 9.72. The fourth-order valence-electron chi connectivity index (χ4n) is 1.59. The molecule has 1 aliphatic rings. The lowest BCUT2D eigenvalue weighted by atomic mass is 10.3. The highest BCUT2D eigenvalue weighted by atomic mass is 16.6. The van der Waals surface area contributed by atoms with Gasteiger partial charge in [-0.15, -0.1) is 0 Å². The Labute approximate surface area is 99.9 Å². The Balaban J connectivity index is 1.95. The van der Waals surface area contributed by atoms with Crippen molar-refractivity contribution in [3.05, 3.63) is 24.3 Å². The number of hydrogen-bond acceptors (Lipinski definition) is 4. The minimum absolute atomic E-state index is 0.293. The van der Waals surface area contributed by atoms with E-state index in [1.165, 1.54) is 0 Å². The van der Waals surface area contributed by atoms with E-state index in [1.54, 1.807) is 12.0 Å². The quantitative estimate of drug-likeness (QED) is 0.731. The fraction of sp³-hybridized carbons (Fsp3) is 0.417. The third-order valence-corrected chi connectivity index (χ3v) is 2.47. The number of rotatable bonds is 5. The zero-order valence-corrected chi connectivity index (χ0v) is 9.72. The van der Waals surface area contributed by atoms with Crippen molar-refractivity contribution in [2.75, 3.05) is 38.4 Å². The molecule has 0 spiro atoms. The van der Waals surface area contributed by atoms with Gasteiger partial charge in [0.1, 0.15) is 19.0 Å². The minimum Gasteiger partial charge on any atom is -0.491 e. The van der Waals surface area contributed by atoms with Crippen LogP contribution in [-0.4, -0.2) is 39.6 Å². The maximum atomic E-state index is 11.3. The number of anilines is 1. The van der Waals surface area contributed by atoms with E-state index in [2.05, 4.69) is 0 Å². The predicted octanol–water partition coefficient (Wildman–Crippen LogP) is 1.67. The van der Waals surface area contributed by atoms with Gasteiger partial charge in [-0.2, -0.15) is 0 Å². The average Bonchev–Trinajstić information content (AvgIpc) is 2.77. The molecule has 0 unspecified atom stereocenters. The number of benzene rings is 1. The van der Waals surface area contributed by atoms with Crippen molar-refractivity contribution in [3.63, 3.8) is 0 Å². The molecule has 0 radical (unpaired) electrons. The largest absolute Gasteiger partial charge is 0.491 e. The first kappa shape index (κ1) is 11.7. The van der Waals surface area contributed by atoms with Crippen molar-refractivity contribution in [2.45, 2.75) is 0 Å². The average molecular weight is 237 g/mol. The Morgan fingerprint density at radius 2 is 2.06 bits per heavy atom. The van der Waals surface area contributed by atoms with Crippen LogP contribution in [0.25, 0.3) is 0 Å². The molecule has 1 amide bonds. The first-order chi connectivity index (χ1) is 8.31. The maximum Gasteiger partial charge on any atom is 0.414 e. The van der Waals surface area contributed by atoms with Gasteiger partial charge in [0.05, 0.1) is 13.2 Å². The Morgan fingerprint density at radius 1 is 1.29 bits per heavy atom. The number of nitrogens with zero attached hydrogens (tertiary/aromatic N) is 1. The number of carbonyl (C=O) groups excluding carboxylic acids is 1. The molecule has 0 aliphatic carbocycles. The van der Waals surface area contributed by atoms with Crippen LogP contribution in [0.2, 0.25) is 0 Å². The number of ether oxygens (including phenoxy) is 3. The molecule has 0 N–H and O–H groups in total. The zero-order chi connectivity index (χ0) is 12.1. The smallest absolute Gasteiger partial charge is 0.414 e. The lowest BCUT2D eigenvalue weighted by Gasteiger charge is -2.13. The Hall–Kier alpha value is -1.75. The van der Waals surface area contributed by atoms with Crippen molar-refractivity contribution in [2.24, 2.45) is 0 Å². The molecule has 5 nitrogen and oxygen atoms in total. The van der Waals surface area contributed by atoms with Gasteiger partial charge in [0, 0.05) is 12.8 Å². The minimum atomic E-state index is -0.293. The normalized spacial score (nSPS) is 14.9. The monoisotopic (exact) mass is 237 g/mol. The topological polar surface area (TPSA) is 48.0 Å². The Morgan fingerprint density at radius 3 is 2.65 bits per heavy atom. The van der Waals surface area contributed by atoms with E-state index in [0.29, 0.717) is 26.4 Å². The summed E-state index contributed by atoms with van der Waals surface area (Å²) in [4.78, 5) is 12.9. The molecule has 1 heterocycles. The summed E-state index contributed by atoms with van der Waals surface area (Å²) in [7, 11) is 1.63. The molecule has 1 fully saturated rings. The van der Waals surface area contributed by atoms with Crippen LogP contribution >= 0.6 is 0 Å². The van der Waals surface area contributed by atoms with E-state index in [1.807, 2.05) is 24.3 Å². The van der Waals surface area contributed by atoms with Gasteiger partial charge in [-0.1, -0.05) is 0 Å². The van der Waals surface area contributed by atoms with Crippen molar-refractivity contribution in [3.8, 4) is 5.75 Å². The molecular weight excluding hydrogens is 222 g/mol. The summed E-state index contributed by atoms with van der Waals surface area (Å²) < 4.78 is 15.2. The van der Waals surface area contributed by atoms with Crippen LogP contribution in [0.5, 0.6) is 5.75 Å². The number of cyclic esters (lactones) is 1. The highest BCUT2D eigenvalue weighted by molar-refractivity contribution is 5.89. The molecule has 0 aromatic heterocycles. The van der Waals surface area contributed by atoms with Crippen LogP contribution in [0, 0.1) is 0 Å². The van der Waals surface area contributed by atoms with Gasteiger partial charge in [-0.3, -0.25) is 4.90 Å². The van der Waals surface area contributed by atoms with Crippen LogP contribution in [0.4, 0.5) is 10.5 Å². The maximum absolute atomic E-state index is 11.3. The van der Waals surface area contributed by atoms with Crippen LogP contribution in [0.1, 0.15) is 0 Å². The fourth-order valence-corrected chi connectivity index (χ4v) is 1.59. The van der Waals surface area contributed by atoms with Crippen molar-refractivity contribution in [1.82, 2.24) is 0 Å². The predicted molar refractivity (Wildman–Crippen MR) is 62.5 cm³/mol. The van der Waals surface area contributed by atoms with Crippen molar-refractivity contribution in [1.29, 1.82) is 0 Å². The Bertz CT molecular complexity index is 377. The molecule has 5 heteroatoms. The molecule has 17 heavy (non-hydrogen) atoms. The summed E-state index contributed by atoms with van der Waals surface area (Å²) in [5.41, 5.74) is 0.826. The first-order valence-electron chi connectivity index (χ1n) is 5.47. The molecule has 0 saturated carbocycles. The van der Waals surface area contributed by atoms with Crippen LogP contribution in [0.3, 0.4) is 0 Å². The highest BCUT2D eigenvalue weighted by Gasteiger charge is 2.23. The standard InChI is InChI=1S/C12H15NO4/c1-15-8-9-16-11-4-2-10(3-5-11)13-6-7-17-12(13)14/h2-5H,6-9H2,1H3. The van der Waals surface area contributed by atoms with Crippen molar-refractivity contribution < 1.29 is 19.0 Å². The summed E-state index contributed by atoms with van der Waals surface area (Å²) in [5, 5.41) is 0. The molecule has 1 aromatic rings. The van der Waals surface area contributed by atoms with Crippen molar-refractivity contribution >= 4 is 11.8 Å². The number of hydrogen-bond donors (Lipinski definition) is 0. The van der Waals surface area contributed by atoms with Crippen LogP contribution in [-0.2, 0) is 9.47 Å². The molecule has 1 saturated heterocycles. The second-order valence-corrected chi connectivity index (χ2v) is 3.60. The number of methoxy groups -OCH3 is 1. The lowest BCUT2D eigenvalue weighted by Crippen LogP contribution is -2.23. The number of amides is 1. The molecule has 1 aromatic carbocycles. The van der Waals surface area contributed by atoms with Gasteiger partial charge >= 0.3 is 6.09 Å². The van der Waals surface area contributed by atoms with Gasteiger partial charge in [0.2, 0.25) is 0 Å². The van der Waals surface area contributed by atoms with Gasteiger partial charge in [-0.25, -0.2) is 4.79 Å². The molecule has 2 rings (SSSR count). The third-order valence-electron chi connectivity index (χ3n) is 2.47. The van der Waals surface area contributed by atoms with E-state index in [4.69, 9.17) is 14.2 Å². The third kappa shape index (κ3) is 2.88. The summed E-state index contributed by atoms with van der Waals surface area (Å²) in [5.74, 6) is 0.762. The summed E-state index contributed by atoms with van der Waals surface area (Å²) >= 11 is 0. The molecular formula is C12H15NO4. The van der Waals surface area contributed by atoms with Gasteiger partial charge in [0.25, 0.3) is 0 Å². The second kappa shape index (κ2) is 5.54.